The average molecular weight is 410 g/mol. The van der Waals surface area contributed by atoms with Crippen molar-refractivity contribution in [2.45, 2.75) is 24.9 Å². The maximum absolute atomic E-state index is 7.31. The summed E-state index contributed by atoms with van der Waals surface area (Å²) < 4.78 is 6.31. The van der Waals surface area contributed by atoms with E-state index < -0.39 is 5.72 Å². The largest absolute Gasteiger partial charge is 0.369 e. The lowest BCUT2D eigenvalue weighted by Gasteiger charge is -2.29. The summed E-state index contributed by atoms with van der Waals surface area (Å²) in [5.41, 5.74) is 10.8. The Bertz CT molecular complexity index is 1200. The fraction of sp³-hybridized carbons (Fsp3) is 0.200. The molecule has 2 N–H and O–H groups in total. The Morgan fingerprint density at radius 3 is 2.61 bits per heavy atom. The topological polar surface area (TPSA) is 64.4 Å². The molecule has 2 unspecified atom stereocenters. The Hall–Kier alpha value is -3.66. The fourth-order valence-corrected chi connectivity index (χ4v) is 4.23. The van der Waals surface area contributed by atoms with Gasteiger partial charge in [-0.25, -0.2) is 19.7 Å². The predicted octanol–water partition coefficient (Wildman–Crippen LogP) is 4.91. The third kappa shape index (κ3) is 3.44. The molecule has 0 bridgehead atoms. The minimum atomic E-state index is -0.974. The molecule has 3 aromatic rings. The SMILES string of the molecule is [C-]#[N+]c1cccc(-c2ccc3c(c2)C2(CC(c4ccccc4)OC3)N=C(N)N(C)O2)c1. The maximum atomic E-state index is 7.31. The third-order valence-electron chi connectivity index (χ3n) is 5.82. The first-order valence-corrected chi connectivity index (χ1v) is 10.1. The van der Waals surface area contributed by atoms with Gasteiger partial charge in [-0.3, -0.25) is 0 Å². The van der Waals surface area contributed by atoms with Crippen LogP contribution in [0.5, 0.6) is 0 Å². The normalized spacial score (nSPS) is 22.5. The number of nitrogens with zero attached hydrogens (tertiary/aromatic N) is 3. The van der Waals surface area contributed by atoms with Crippen LogP contribution in [0.3, 0.4) is 0 Å². The van der Waals surface area contributed by atoms with Crippen LogP contribution in [0.25, 0.3) is 16.0 Å². The van der Waals surface area contributed by atoms with Crippen molar-refractivity contribution < 1.29 is 9.57 Å². The zero-order valence-corrected chi connectivity index (χ0v) is 17.2. The number of hydroxylamine groups is 2. The van der Waals surface area contributed by atoms with Gasteiger partial charge >= 0.3 is 0 Å². The van der Waals surface area contributed by atoms with Gasteiger partial charge in [0.2, 0.25) is 11.7 Å². The molecule has 0 radical (unpaired) electrons. The monoisotopic (exact) mass is 410 g/mol. The van der Waals surface area contributed by atoms with Gasteiger partial charge in [0.05, 0.1) is 19.3 Å². The maximum Gasteiger partial charge on any atom is 0.218 e. The summed E-state index contributed by atoms with van der Waals surface area (Å²) in [5, 5.41) is 1.52. The number of rotatable bonds is 2. The third-order valence-corrected chi connectivity index (χ3v) is 5.82. The van der Waals surface area contributed by atoms with E-state index in [-0.39, 0.29) is 6.10 Å². The molecule has 6 nitrogen and oxygen atoms in total. The number of ether oxygens (including phenoxy) is 1. The second-order valence-electron chi connectivity index (χ2n) is 7.79. The number of guanidine groups is 1. The number of nitrogens with two attached hydrogens (primary N) is 1. The number of hydrogen-bond donors (Lipinski definition) is 1. The summed E-state index contributed by atoms with van der Waals surface area (Å²) in [4.78, 5) is 14.6. The first-order chi connectivity index (χ1) is 15.1. The summed E-state index contributed by atoms with van der Waals surface area (Å²) in [5.74, 6) is 0.333. The summed E-state index contributed by atoms with van der Waals surface area (Å²) in [6.45, 7) is 7.76. The number of hydrogen-bond acceptors (Lipinski definition) is 5. The Kier molecular flexibility index (Phi) is 4.70. The van der Waals surface area contributed by atoms with Crippen LogP contribution in [0.15, 0.2) is 77.8 Å². The molecule has 0 saturated carbocycles. The van der Waals surface area contributed by atoms with Gasteiger partial charge in [-0.15, -0.1) is 0 Å². The minimum absolute atomic E-state index is 0.189. The molecular formula is C25H22N4O2. The Morgan fingerprint density at radius 1 is 1.06 bits per heavy atom. The molecular weight excluding hydrogens is 388 g/mol. The van der Waals surface area contributed by atoms with E-state index in [9.17, 15) is 0 Å². The number of fused-ring (bicyclic) bond motifs is 2. The average Bonchev–Trinajstić information content (AvgIpc) is 3.01. The highest BCUT2D eigenvalue weighted by Gasteiger charge is 2.46. The Morgan fingerprint density at radius 2 is 1.87 bits per heavy atom. The van der Waals surface area contributed by atoms with Crippen LogP contribution in [0, 0.1) is 6.57 Å². The summed E-state index contributed by atoms with van der Waals surface area (Å²) >= 11 is 0. The van der Waals surface area contributed by atoms with E-state index in [1.807, 2.05) is 42.5 Å². The quantitative estimate of drug-likeness (QED) is 0.610. The molecule has 5 rings (SSSR count). The number of benzene rings is 3. The van der Waals surface area contributed by atoms with Gasteiger partial charge in [0.1, 0.15) is 0 Å². The lowest BCUT2D eigenvalue weighted by molar-refractivity contribution is -0.186. The molecule has 0 amide bonds. The first-order valence-electron chi connectivity index (χ1n) is 10.1. The number of aliphatic imine (C=N–C) groups is 1. The zero-order valence-electron chi connectivity index (χ0n) is 17.2. The van der Waals surface area contributed by atoms with Crippen molar-refractivity contribution >= 4 is 11.6 Å². The van der Waals surface area contributed by atoms with Gasteiger partial charge in [0, 0.05) is 19.0 Å². The van der Waals surface area contributed by atoms with Gasteiger partial charge in [-0.05, 0) is 34.4 Å². The first kappa shape index (κ1) is 19.3. The van der Waals surface area contributed by atoms with E-state index in [4.69, 9.17) is 26.9 Å². The second kappa shape index (κ2) is 7.55. The molecule has 0 aliphatic carbocycles. The highest BCUT2D eigenvalue weighted by molar-refractivity contribution is 5.79. The van der Waals surface area contributed by atoms with Crippen molar-refractivity contribution in [1.29, 1.82) is 0 Å². The molecule has 31 heavy (non-hydrogen) atoms. The highest BCUT2D eigenvalue weighted by atomic mass is 16.7. The second-order valence-corrected chi connectivity index (χ2v) is 7.79. The van der Waals surface area contributed by atoms with Crippen molar-refractivity contribution in [3.05, 3.63) is 101 Å². The van der Waals surface area contributed by atoms with E-state index in [1.165, 1.54) is 5.06 Å². The van der Waals surface area contributed by atoms with Crippen LogP contribution in [0.4, 0.5) is 5.69 Å². The van der Waals surface area contributed by atoms with Crippen LogP contribution in [0.1, 0.15) is 29.2 Å². The van der Waals surface area contributed by atoms with Crippen molar-refractivity contribution in [3.63, 3.8) is 0 Å². The van der Waals surface area contributed by atoms with E-state index in [0.717, 1.165) is 27.8 Å². The molecule has 6 heteroatoms. The van der Waals surface area contributed by atoms with Crippen LogP contribution in [-0.2, 0) is 21.9 Å². The van der Waals surface area contributed by atoms with Crippen molar-refractivity contribution in [1.82, 2.24) is 5.06 Å². The van der Waals surface area contributed by atoms with Gasteiger partial charge < -0.3 is 10.5 Å². The molecule has 2 aliphatic rings. The van der Waals surface area contributed by atoms with Gasteiger partial charge in [0.25, 0.3) is 0 Å². The van der Waals surface area contributed by atoms with E-state index in [0.29, 0.717) is 24.7 Å². The summed E-state index contributed by atoms with van der Waals surface area (Å²) in [7, 11) is 1.76. The molecule has 0 fully saturated rings. The summed E-state index contributed by atoms with van der Waals surface area (Å²) in [6.07, 6.45) is 0.311. The lowest BCUT2D eigenvalue weighted by Crippen LogP contribution is -2.32. The smallest absolute Gasteiger partial charge is 0.218 e. The van der Waals surface area contributed by atoms with Crippen molar-refractivity contribution in [3.8, 4) is 11.1 Å². The zero-order chi connectivity index (χ0) is 21.4. The highest BCUT2D eigenvalue weighted by Crippen LogP contribution is 2.46. The summed E-state index contributed by atoms with van der Waals surface area (Å²) in [6, 6.07) is 23.9. The minimum Gasteiger partial charge on any atom is -0.369 e. The fourth-order valence-electron chi connectivity index (χ4n) is 4.23. The standard InChI is InChI=1S/C25H22N4O2/c1-27-21-10-6-9-18(13-21)19-11-12-20-16-30-23(17-7-4-3-5-8-17)15-25(22(20)14-19)28-24(26)29(2)31-25/h3-14,23H,15-16H2,2H3,(H2,26,28). The van der Waals surface area contributed by atoms with E-state index in [2.05, 4.69) is 29.1 Å². The lowest BCUT2D eigenvalue weighted by atomic mass is 9.89. The molecule has 2 atom stereocenters. The van der Waals surface area contributed by atoms with Crippen LogP contribution >= 0.6 is 0 Å². The Labute approximate surface area is 181 Å². The Balaban J connectivity index is 1.63. The van der Waals surface area contributed by atoms with Crippen LogP contribution in [0.2, 0.25) is 0 Å². The predicted molar refractivity (Wildman–Crippen MR) is 119 cm³/mol. The van der Waals surface area contributed by atoms with Crippen molar-refractivity contribution in [2.24, 2.45) is 10.7 Å². The molecule has 0 saturated heterocycles. The molecule has 2 heterocycles. The molecule has 1 spiro atoms. The van der Waals surface area contributed by atoms with E-state index >= 15 is 0 Å². The van der Waals surface area contributed by atoms with Gasteiger partial charge in [-0.2, -0.15) is 0 Å². The van der Waals surface area contributed by atoms with Crippen LogP contribution < -0.4 is 5.73 Å². The molecule has 154 valence electrons. The van der Waals surface area contributed by atoms with Gasteiger partial charge in [0.15, 0.2) is 5.69 Å². The molecule has 2 aliphatic heterocycles. The van der Waals surface area contributed by atoms with Gasteiger partial charge in [-0.1, -0.05) is 60.7 Å². The molecule has 0 aromatic heterocycles. The van der Waals surface area contributed by atoms with E-state index in [1.54, 1.807) is 13.1 Å². The van der Waals surface area contributed by atoms with Crippen molar-refractivity contribution in [2.75, 3.05) is 7.05 Å². The molecule has 3 aromatic carbocycles. The van der Waals surface area contributed by atoms with Crippen LogP contribution in [-0.4, -0.2) is 18.1 Å².